The first-order chi connectivity index (χ1) is 26.5. The summed E-state index contributed by atoms with van der Waals surface area (Å²) in [5.74, 6) is 0.729. The third kappa shape index (κ3) is 6.31. The number of fused-ring (bicyclic) bond motifs is 6. The van der Waals surface area contributed by atoms with E-state index in [1.54, 1.807) is 11.3 Å². The van der Waals surface area contributed by atoms with Crippen LogP contribution in [0.2, 0.25) is 0 Å². The van der Waals surface area contributed by atoms with Crippen LogP contribution in [0.3, 0.4) is 0 Å². The predicted octanol–water partition coefficient (Wildman–Crippen LogP) is 13.4. The van der Waals surface area contributed by atoms with Crippen molar-refractivity contribution in [3.63, 3.8) is 0 Å². The van der Waals surface area contributed by atoms with Gasteiger partial charge in [0, 0.05) is 40.8 Å². The number of para-hydroxylation sites is 2. The molecule has 55 heavy (non-hydrogen) atoms. The zero-order chi connectivity index (χ0) is 36.8. The first-order valence-corrected chi connectivity index (χ1v) is 19.6. The zero-order valence-electron chi connectivity index (χ0n) is 31.3. The Hall–Kier alpha value is -5.32. The summed E-state index contributed by atoms with van der Waals surface area (Å²) in [7, 11) is 0. The van der Waals surface area contributed by atoms with Crippen LogP contribution in [0, 0.1) is 26.0 Å². The topological polar surface area (TPSA) is 38.7 Å². The van der Waals surface area contributed by atoms with Crippen molar-refractivity contribution in [1.82, 2.24) is 15.0 Å². The molecule has 10 rings (SSSR count). The van der Waals surface area contributed by atoms with Crippen molar-refractivity contribution in [2.45, 2.75) is 46.0 Å². The number of hydrogen-bond donors (Lipinski definition) is 0. The summed E-state index contributed by atoms with van der Waals surface area (Å²) in [4.78, 5) is 14.9. The zero-order valence-corrected chi connectivity index (χ0v) is 34.5. The van der Waals surface area contributed by atoms with Gasteiger partial charge in [-0.1, -0.05) is 135 Å². The van der Waals surface area contributed by atoms with Crippen LogP contribution < -0.4 is 0 Å². The van der Waals surface area contributed by atoms with E-state index in [0.29, 0.717) is 0 Å². The average molecular weight is 906 g/mol. The molecule has 0 saturated heterocycles. The maximum Gasteiger partial charge on any atom is 0.0763 e. The van der Waals surface area contributed by atoms with Crippen LogP contribution in [0.25, 0.3) is 76.2 Å². The van der Waals surface area contributed by atoms with E-state index in [2.05, 4.69) is 161 Å². The van der Waals surface area contributed by atoms with Crippen LogP contribution in [0.1, 0.15) is 48.9 Å². The molecular weight excluding hydrogens is 867 g/mol. The van der Waals surface area contributed by atoms with E-state index in [0.717, 1.165) is 56.9 Å². The van der Waals surface area contributed by atoms with Crippen molar-refractivity contribution in [3.05, 3.63) is 174 Å². The molecular formula is C50H39IrN3S-2. The van der Waals surface area contributed by atoms with Gasteiger partial charge in [0.05, 0.1) is 22.6 Å². The molecule has 0 saturated carbocycles. The first-order valence-electron chi connectivity index (χ1n) is 18.7. The third-order valence-corrected chi connectivity index (χ3v) is 12.3. The maximum atomic E-state index is 5.18. The smallest absolute Gasteiger partial charge is 0.0763 e. The Morgan fingerprint density at radius 2 is 1.31 bits per heavy atom. The maximum absolute atomic E-state index is 5.18. The van der Waals surface area contributed by atoms with Crippen molar-refractivity contribution in [2.24, 2.45) is 0 Å². The van der Waals surface area contributed by atoms with E-state index in [1.165, 1.54) is 54.4 Å². The summed E-state index contributed by atoms with van der Waals surface area (Å²) < 4.78 is 1.22. The monoisotopic (exact) mass is 906 g/mol. The van der Waals surface area contributed by atoms with E-state index < -0.39 is 0 Å². The fraction of sp³-hybridized carbons (Fsp3) is 0.140. The van der Waals surface area contributed by atoms with Gasteiger partial charge in [-0.15, -0.1) is 58.5 Å². The molecule has 0 spiro atoms. The fourth-order valence-corrected chi connectivity index (χ4v) is 9.41. The summed E-state index contributed by atoms with van der Waals surface area (Å²) in [5, 5.41) is 4.56. The Balaban J connectivity index is 0.000000180. The molecule has 0 atom stereocenters. The first kappa shape index (κ1) is 36.6. The molecule has 7 aromatic carbocycles. The predicted molar refractivity (Wildman–Crippen MR) is 227 cm³/mol. The number of rotatable bonds is 5. The molecule has 9 aromatic rings. The minimum absolute atomic E-state index is 0. The van der Waals surface area contributed by atoms with Crippen LogP contribution >= 0.6 is 11.3 Å². The summed E-state index contributed by atoms with van der Waals surface area (Å²) in [6.07, 6.45) is 2.15. The second kappa shape index (κ2) is 15.1. The second-order valence-corrected chi connectivity index (χ2v) is 15.1. The molecule has 0 unspecified atom stereocenters. The fourth-order valence-electron chi connectivity index (χ4n) is 8.43. The molecule has 0 amide bonds. The van der Waals surface area contributed by atoms with Crippen molar-refractivity contribution in [1.29, 1.82) is 0 Å². The van der Waals surface area contributed by atoms with Crippen LogP contribution in [-0.2, 0) is 25.5 Å². The minimum atomic E-state index is 0. The van der Waals surface area contributed by atoms with Gasteiger partial charge in [-0.05, 0) is 59.7 Å². The van der Waals surface area contributed by atoms with Crippen LogP contribution in [0.4, 0.5) is 0 Å². The molecule has 5 heteroatoms. The second-order valence-electron chi connectivity index (χ2n) is 14.1. The van der Waals surface area contributed by atoms with Gasteiger partial charge in [-0.2, -0.15) is 11.3 Å². The van der Waals surface area contributed by atoms with E-state index in [4.69, 9.17) is 15.0 Å². The van der Waals surface area contributed by atoms with E-state index in [1.807, 2.05) is 18.2 Å². The largest absolute Gasteiger partial charge is 0.285 e. The minimum Gasteiger partial charge on any atom is -0.285 e. The number of thiazole rings is 1. The Labute approximate surface area is 340 Å². The van der Waals surface area contributed by atoms with Gasteiger partial charge < -0.3 is 0 Å². The third-order valence-electron chi connectivity index (χ3n) is 11.2. The summed E-state index contributed by atoms with van der Waals surface area (Å²) in [6, 6.07) is 55.7. The van der Waals surface area contributed by atoms with E-state index in [9.17, 15) is 0 Å². The van der Waals surface area contributed by atoms with Crippen LogP contribution in [-0.4, -0.2) is 15.0 Å². The molecule has 2 heterocycles. The van der Waals surface area contributed by atoms with Crippen LogP contribution in [0.5, 0.6) is 0 Å². The van der Waals surface area contributed by atoms with Gasteiger partial charge >= 0.3 is 0 Å². The SMILES string of the molecule is CCC1(CC)c2c[c-]c(-c3nc(-c4c(C)cccc4C)c4ccccc4n3)cc2-c2ccccc21.[Ir].[c-]1ccc2ccccc2c1-c1nc2ccccc2s1. The number of benzene rings is 7. The summed E-state index contributed by atoms with van der Waals surface area (Å²) in [5.41, 5.74) is 14.2. The van der Waals surface area contributed by atoms with Crippen molar-refractivity contribution in [2.75, 3.05) is 0 Å². The van der Waals surface area contributed by atoms with Gasteiger partial charge in [0.15, 0.2) is 0 Å². The van der Waals surface area contributed by atoms with Crippen molar-refractivity contribution < 1.29 is 20.1 Å². The number of hydrogen-bond acceptors (Lipinski definition) is 4. The van der Waals surface area contributed by atoms with E-state index in [-0.39, 0.29) is 25.5 Å². The molecule has 1 aliphatic carbocycles. The molecule has 1 radical (unpaired) electrons. The Morgan fingerprint density at radius 1 is 0.618 bits per heavy atom. The van der Waals surface area contributed by atoms with Gasteiger partial charge in [-0.3, -0.25) is 15.0 Å². The van der Waals surface area contributed by atoms with Gasteiger partial charge in [-0.25, -0.2) is 0 Å². The van der Waals surface area contributed by atoms with Crippen molar-refractivity contribution >= 4 is 43.2 Å². The van der Waals surface area contributed by atoms with Gasteiger partial charge in [0.2, 0.25) is 0 Å². The number of nitrogens with zero attached hydrogens (tertiary/aromatic N) is 3. The Kier molecular flexibility index (Phi) is 10.0. The van der Waals surface area contributed by atoms with Crippen molar-refractivity contribution in [3.8, 4) is 44.3 Å². The molecule has 3 nitrogen and oxygen atoms in total. The quantitative estimate of drug-likeness (QED) is 0.162. The summed E-state index contributed by atoms with van der Waals surface area (Å²) in [6.45, 7) is 8.91. The molecule has 0 aliphatic heterocycles. The van der Waals surface area contributed by atoms with Gasteiger partial charge in [0.25, 0.3) is 0 Å². The Morgan fingerprint density at radius 3 is 2.09 bits per heavy atom. The molecule has 271 valence electrons. The number of aryl methyl sites for hydroxylation is 2. The molecule has 0 bridgehead atoms. The standard InChI is InChI=1S/C33H29N2.C17H10NS.Ir/c1-5-33(6-2)27-16-9-7-14-24(27)26-20-23(18-19-28(26)33)32-34-29-17-10-8-15-25(29)31(35-32)30-21(3)12-11-13-22(30)4;1-2-8-13-12(6-1)7-5-9-14(13)17-18-15-10-3-4-11-16(15)19-17;/h7-17,19-20H,5-6H2,1-4H3;1-8,10-11H;/q2*-1;. The summed E-state index contributed by atoms with van der Waals surface area (Å²) >= 11 is 1.72. The number of aromatic nitrogens is 3. The molecule has 2 aromatic heterocycles. The van der Waals surface area contributed by atoms with Gasteiger partial charge in [0.1, 0.15) is 0 Å². The molecule has 0 N–H and O–H groups in total. The van der Waals surface area contributed by atoms with E-state index >= 15 is 0 Å². The molecule has 1 aliphatic rings. The Bertz CT molecular complexity index is 2790. The van der Waals surface area contributed by atoms with Crippen LogP contribution in [0.15, 0.2) is 140 Å². The molecule has 0 fully saturated rings. The normalized spacial score (nSPS) is 12.5. The average Bonchev–Trinajstić information content (AvgIpc) is 3.78.